The summed E-state index contributed by atoms with van der Waals surface area (Å²) < 4.78 is 5.43. The van der Waals surface area contributed by atoms with Crippen LogP contribution in [0.25, 0.3) is 0 Å². The van der Waals surface area contributed by atoms with Crippen molar-refractivity contribution >= 4 is 23.4 Å². The molecule has 0 aromatic heterocycles. The van der Waals surface area contributed by atoms with E-state index in [-0.39, 0.29) is 12.1 Å². The predicted molar refractivity (Wildman–Crippen MR) is 105 cm³/mol. The largest absolute Gasteiger partial charge is 0.445 e. The number of hydrogen-bond acceptors (Lipinski definition) is 4. The second kappa shape index (κ2) is 9.46. The van der Waals surface area contributed by atoms with E-state index in [9.17, 15) is 4.79 Å². The fraction of sp³-hybridized carbons (Fsp3) is 0.350. The Morgan fingerprint density at radius 1 is 1.19 bits per heavy atom. The van der Waals surface area contributed by atoms with Gasteiger partial charge in [-0.15, -0.1) is 0 Å². The standard InChI is InChI=1S/C20H24ClN3O2/c21-18-8-4-5-9-19(18)23-11-10-17-14-24(13-12-22-17)20(25)26-15-16-6-2-1-3-7-16/h1-9,17,22-23H,10-15H2/t17-/m1/s1. The highest BCUT2D eigenvalue weighted by Crippen LogP contribution is 2.20. The van der Waals surface area contributed by atoms with Crippen LogP contribution in [0.4, 0.5) is 10.5 Å². The number of benzene rings is 2. The molecule has 1 atom stereocenters. The highest BCUT2D eigenvalue weighted by molar-refractivity contribution is 6.33. The number of rotatable bonds is 6. The van der Waals surface area contributed by atoms with Gasteiger partial charge in [-0.1, -0.05) is 54.1 Å². The number of nitrogens with zero attached hydrogens (tertiary/aromatic N) is 1. The molecule has 1 heterocycles. The molecular weight excluding hydrogens is 350 g/mol. The summed E-state index contributed by atoms with van der Waals surface area (Å²) in [6.45, 7) is 3.19. The minimum Gasteiger partial charge on any atom is -0.445 e. The quantitative estimate of drug-likeness (QED) is 0.809. The van der Waals surface area contributed by atoms with Gasteiger partial charge in [-0.2, -0.15) is 0 Å². The van der Waals surface area contributed by atoms with Crippen LogP contribution in [0.3, 0.4) is 0 Å². The Hall–Kier alpha value is -2.24. The summed E-state index contributed by atoms with van der Waals surface area (Å²) in [7, 11) is 0. The van der Waals surface area contributed by atoms with Crippen molar-refractivity contribution in [3.05, 3.63) is 65.2 Å². The fourth-order valence-electron chi connectivity index (χ4n) is 2.98. The highest BCUT2D eigenvalue weighted by atomic mass is 35.5. The van der Waals surface area contributed by atoms with Crippen molar-refractivity contribution in [2.45, 2.75) is 19.1 Å². The molecular formula is C20H24ClN3O2. The van der Waals surface area contributed by atoms with Gasteiger partial charge in [0.2, 0.25) is 0 Å². The van der Waals surface area contributed by atoms with Crippen molar-refractivity contribution in [2.24, 2.45) is 0 Å². The Morgan fingerprint density at radius 3 is 2.77 bits per heavy atom. The van der Waals surface area contributed by atoms with Crippen molar-refractivity contribution in [2.75, 3.05) is 31.5 Å². The number of hydrogen-bond donors (Lipinski definition) is 2. The van der Waals surface area contributed by atoms with E-state index >= 15 is 0 Å². The number of ether oxygens (including phenoxy) is 1. The summed E-state index contributed by atoms with van der Waals surface area (Å²) in [5.41, 5.74) is 1.93. The molecule has 1 saturated heterocycles. The maximum atomic E-state index is 12.3. The van der Waals surface area contributed by atoms with Gasteiger partial charge in [-0.05, 0) is 24.1 Å². The van der Waals surface area contributed by atoms with Crippen LogP contribution in [-0.4, -0.2) is 43.2 Å². The Bertz CT molecular complexity index is 711. The van der Waals surface area contributed by atoms with E-state index in [4.69, 9.17) is 16.3 Å². The fourth-order valence-corrected chi connectivity index (χ4v) is 3.18. The van der Waals surface area contributed by atoms with Gasteiger partial charge < -0.3 is 20.3 Å². The SMILES string of the molecule is O=C(OCc1ccccc1)N1CCN[C@H](CCNc2ccccc2Cl)C1. The van der Waals surface area contributed by atoms with Crippen LogP contribution < -0.4 is 10.6 Å². The first-order valence-electron chi connectivity index (χ1n) is 8.90. The lowest BCUT2D eigenvalue weighted by Gasteiger charge is -2.33. The first-order valence-corrected chi connectivity index (χ1v) is 9.27. The molecule has 0 spiro atoms. The number of carbonyl (C=O) groups is 1. The molecule has 3 rings (SSSR count). The molecule has 26 heavy (non-hydrogen) atoms. The van der Waals surface area contributed by atoms with E-state index in [1.54, 1.807) is 4.90 Å². The van der Waals surface area contributed by atoms with Crippen molar-refractivity contribution in [1.29, 1.82) is 0 Å². The zero-order chi connectivity index (χ0) is 18.2. The van der Waals surface area contributed by atoms with E-state index in [1.807, 2.05) is 54.6 Å². The molecule has 6 heteroatoms. The maximum Gasteiger partial charge on any atom is 0.410 e. The third-order valence-corrected chi connectivity index (χ3v) is 4.73. The van der Waals surface area contributed by atoms with Gasteiger partial charge in [0.05, 0.1) is 10.7 Å². The summed E-state index contributed by atoms with van der Waals surface area (Å²) in [6, 6.07) is 17.7. The Morgan fingerprint density at radius 2 is 1.96 bits per heavy atom. The molecule has 0 radical (unpaired) electrons. The van der Waals surface area contributed by atoms with E-state index in [2.05, 4.69) is 10.6 Å². The van der Waals surface area contributed by atoms with Crippen LogP contribution in [0.15, 0.2) is 54.6 Å². The third-order valence-electron chi connectivity index (χ3n) is 4.40. The molecule has 5 nitrogen and oxygen atoms in total. The average Bonchev–Trinajstić information content (AvgIpc) is 2.69. The number of para-hydroxylation sites is 1. The second-order valence-electron chi connectivity index (χ2n) is 6.33. The van der Waals surface area contributed by atoms with Gasteiger partial charge in [0.1, 0.15) is 6.61 Å². The molecule has 0 saturated carbocycles. The number of nitrogens with one attached hydrogen (secondary N) is 2. The first kappa shape index (κ1) is 18.5. The molecule has 1 aliphatic rings. The number of anilines is 1. The number of halogens is 1. The van der Waals surface area contributed by atoms with Crippen LogP contribution in [0.1, 0.15) is 12.0 Å². The summed E-state index contributed by atoms with van der Waals surface area (Å²) in [5.74, 6) is 0. The second-order valence-corrected chi connectivity index (χ2v) is 6.74. The van der Waals surface area contributed by atoms with Crippen molar-refractivity contribution in [3.8, 4) is 0 Å². The van der Waals surface area contributed by atoms with Gasteiger partial charge in [-0.25, -0.2) is 4.79 Å². The third kappa shape index (κ3) is 5.38. The van der Waals surface area contributed by atoms with Crippen LogP contribution >= 0.6 is 11.6 Å². The van der Waals surface area contributed by atoms with Gasteiger partial charge >= 0.3 is 6.09 Å². The Labute approximate surface area is 159 Å². The van der Waals surface area contributed by atoms with E-state index in [0.29, 0.717) is 19.7 Å². The van der Waals surface area contributed by atoms with E-state index < -0.39 is 0 Å². The molecule has 138 valence electrons. The smallest absolute Gasteiger partial charge is 0.410 e. The molecule has 0 unspecified atom stereocenters. The number of piperazine rings is 1. The van der Waals surface area contributed by atoms with Crippen molar-refractivity contribution < 1.29 is 9.53 Å². The van der Waals surface area contributed by atoms with Crippen molar-refractivity contribution in [1.82, 2.24) is 10.2 Å². The molecule has 0 aliphatic carbocycles. The van der Waals surface area contributed by atoms with E-state index in [1.165, 1.54) is 0 Å². The lowest BCUT2D eigenvalue weighted by Crippen LogP contribution is -2.53. The summed E-state index contributed by atoms with van der Waals surface area (Å²) >= 11 is 6.15. The molecule has 1 aliphatic heterocycles. The van der Waals surface area contributed by atoms with Crippen LogP contribution in [0, 0.1) is 0 Å². The van der Waals surface area contributed by atoms with Crippen molar-refractivity contribution in [3.63, 3.8) is 0 Å². The zero-order valence-corrected chi connectivity index (χ0v) is 15.4. The van der Waals surface area contributed by atoms with Crippen LogP contribution in [-0.2, 0) is 11.3 Å². The zero-order valence-electron chi connectivity index (χ0n) is 14.7. The van der Waals surface area contributed by atoms with Gasteiger partial charge in [-0.3, -0.25) is 0 Å². The summed E-state index contributed by atoms with van der Waals surface area (Å²) in [4.78, 5) is 14.1. The Kier molecular flexibility index (Phi) is 6.75. The maximum absolute atomic E-state index is 12.3. The van der Waals surface area contributed by atoms with E-state index in [0.717, 1.165) is 35.8 Å². The number of amides is 1. The minimum atomic E-state index is -0.251. The predicted octanol–water partition coefficient (Wildman–Crippen LogP) is 3.75. The normalized spacial score (nSPS) is 17.0. The topological polar surface area (TPSA) is 53.6 Å². The molecule has 2 aromatic rings. The van der Waals surface area contributed by atoms with Crippen LogP contribution in [0.5, 0.6) is 0 Å². The highest BCUT2D eigenvalue weighted by Gasteiger charge is 2.24. The monoisotopic (exact) mass is 373 g/mol. The Balaban J connectivity index is 1.42. The number of carbonyl (C=O) groups excluding carboxylic acids is 1. The molecule has 2 aromatic carbocycles. The van der Waals surface area contributed by atoms with Gasteiger partial charge in [0.25, 0.3) is 0 Å². The molecule has 2 N–H and O–H groups in total. The first-order chi connectivity index (χ1) is 12.7. The minimum absolute atomic E-state index is 0.239. The summed E-state index contributed by atoms with van der Waals surface area (Å²) in [5, 5.41) is 7.52. The molecule has 1 fully saturated rings. The lowest BCUT2D eigenvalue weighted by molar-refractivity contribution is 0.0845. The summed E-state index contributed by atoms with van der Waals surface area (Å²) in [6.07, 6.45) is 0.646. The lowest BCUT2D eigenvalue weighted by atomic mass is 10.1. The molecule has 1 amide bonds. The average molecular weight is 374 g/mol. The van der Waals surface area contributed by atoms with Gasteiger partial charge in [0, 0.05) is 32.2 Å². The van der Waals surface area contributed by atoms with Gasteiger partial charge in [0.15, 0.2) is 0 Å². The van der Waals surface area contributed by atoms with Crippen LogP contribution in [0.2, 0.25) is 5.02 Å². The molecule has 0 bridgehead atoms.